The summed E-state index contributed by atoms with van der Waals surface area (Å²) in [5.41, 5.74) is 4.48. The molecule has 248 valence electrons. The van der Waals surface area contributed by atoms with Crippen LogP contribution in [-0.4, -0.2) is 0 Å². The van der Waals surface area contributed by atoms with Crippen molar-refractivity contribution in [2.45, 2.75) is 0 Å². The van der Waals surface area contributed by atoms with Gasteiger partial charge in [-0.25, -0.2) is 0 Å². The smallest absolute Gasteiger partial charge is 0.143 e. The number of rotatable bonds is 5. The Kier molecular flexibility index (Phi) is 4.57. The molecule has 0 N–H and O–H groups in total. The van der Waals surface area contributed by atoms with E-state index in [2.05, 4.69) is 6.07 Å². The van der Waals surface area contributed by atoms with E-state index in [1.165, 1.54) is 0 Å². The fourth-order valence-corrected chi connectivity index (χ4v) is 7.27. The van der Waals surface area contributed by atoms with Crippen LogP contribution in [0.5, 0.6) is 0 Å². The average molecular weight is 689 g/mol. The summed E-state index contributed by atoms with van der Waals surface area (Å²) in [5.74, 6) is 0. The standard InChI is InChI=1S/C50H31NO2/c1-2-10-36-30-37(17-16-32(36)8-1)33-18-24-39(25-19-33)51(45-13-7-15-48-49(45)43-28-22-35-9-3-4-11-41(35)50(43)53-48)40-26-20-34(21-27-40)38-23-29-47-44(31-38)42-12-5-6-14-46(42)52-47/h1-31H/i1D,2D,8D,10D,16D,17D,18D,19D,24D,25D,30D. The topological polar surface area (TPSA) is 29.5 Å². The molecule has 53 heavy (non-hydrogen) atoms. The molecule has 3 nitrogen and oxygen atoms in total. The van der Waals surface area contributed by atoms with Crippen molar-refractivity contribution in [2.75, 3.05) is 4.90 Å². The van der Waals surface area contributed by atoms with Crippen LogP contribution in [0.1, 0.15) is 15.1 Å². The van der Waals surface area contributed by atoms with Crippen LogP contribution in [0.2, 0.25) is 0 Å². The fourth-order valence-electron chi connectivity index (χ4n) is 7.27. The van der Waals surface area contributed by atoms with Gasteiger partial charge < -0.3 is 13.7 Å². The Labute approximate surface area is 321 Å². The molecule has 3 heteroatoms. The molecular formula is C50H31NO2. The molecule has 0 unspecified atom stereocenters. The zero-order chi connectivity index (χ0) is 44.5. The minimum absolute atomic E-state index is 0.132. The van der Waals surface area contributed by atoms with Gasteiger partial charge >= 0.3 is 0 Å². The monoisotopic (exact) mass is 688 g/mol. The Hall–Kier alpha value is -7.10. The first-order valence-electron chi connectivity index (χ1n) is 22.6. The van der Waals surface area contributed by atoms with Crippen molar-refractivity contribution in [3.8, 4) is 22.3 Å². The van der Waals surface area contributed by atoms with Crippen LogP contribution in [0.15, 0.2) is 197 Å². The molecule has 0 saturated heterocycles. The molecule has 0 saturated carbocycles. The normalized spacial score (nSPS) is 14.7. The molecule has 0 amide bonds. The number of fused-ring (bicyclic) bond motifs is 9. The number of anilines is 3. The second kappa shape index (κ2) is 11.7. The second-order valence-corrected chi connectivity index (χ2v) is 12.8. The Morgan fingerprint density at radius 2 is 1.15 bits per heavy atom. The van der Waals surface area contributed by atoms with E-state index < -0.39 is 77.6 Å². The Bertz CT molecular complexity index is 3790. The van der Waals surface area contributed by atoms with Gasteiger partial charge in [-0.2, -0.15) is 0 Å². The zero-order valence-corrected chi connectivity index (χ0v) is 27.8. The van der Waals surface area contributed by atoms with Gasteiger partial charge in [0.15, 0.2) is 0 Å². The van der Waals surface area contributed by atoms with Crippen LogP contribution in [0.4, 0.5) is 17.1 Å². The lowest BCUT2D eigenvalue weighted by Gasteiger charge is -2.26. The molecule has 11 aromatic rings. The van der Waals surface area contributed by atoms with Gasteiger partial charge in [-0.05, 0) is 105 Å². The lowest BCUT2D eigenvalue weighted by Crippen LogP contribution is -2.10. The van der Waals surface area contributed by atoms with Gasteiger partial charge in [0.2, 0.25) is 0 Å². The van der Waals surface area contributed by atoms with Gasteiger partial charge in [-0.15, -0.1) is 0 Å². The molecule has 2 heterocycles. The average Bonchev–Trinajstić information content (AvgIpc) is 3.89. The molecule has 11 rings (SSSR count). The maximum absolute atomic E-state index is 9.64. The predicted octanol–water partition coefficient (Wildman–Crippen LogP) is 14.6. The van der Waals surface area contributed by atoms with Crippen molar-refractivity contribution in [1.82, 2.24) is 0 Å². The Balaban J connectivity index is 1.16. The molecule has 0 fully saturated rings. The van der Waals surface area contributed by atoms with Gasteiger partial charge in [0, 0.05) is 32.9 Å². The Morgan fingerprint density at radius 1 is 0.415 bits per heavy atom. The van der Waals surface area contributed by atoms with E-state index in [9.17, 15) is 5.48 Å². The minimum Gasteiger partial charge on any atom is -0.456 e. The van der Waals surface area contributed by atoms with Crippen LogP contribution in [-0.2, 0) is 0 Å². The molecule has 0 atom stereocenters. The van der Waals surface area contributed by atoms with Gasteiger partial charge in [-0.3, -0.25) is 0 Å². The third-order valence-corrected chi connectivity index (χ3v) is 9.78. The predicted molar refractivity (Wildman–Crippen MR) is 222 cm³/mol. The van der Waals surface area contributed by atoms with E-state index in [4.69, 9.17) is 18.4 Å². The SMILES string of the molecule is [2H]c1c([2H])c(N(c2ccc(-c3ccc4oc5ccccc5c4c3)cc2)c2cccc3oc4c5ccccc5ccc4c23)c([2H])c([2H])c1-c1c([2H])c([2H])c2c([2H])c([2H])c([2H])c([2H])c2c1[2H]. The van der Waals surface area contributed by atoms with E-state index in [1.54, 1.807) is 11.0 Å². The summed E-state index contributed by atoms with van der Waals surface area (Å²) in [7, 11) is 0. The third kappa shape index (κ3) is 4.82. The van der Waals surface area contributed by atoms with Crippen molar-refractivity contribution in [3.05, 3.63) is 188 Å². The van der Waals surface area contributed by atoms with Gasteiger partial charge in [-0.1, -0.05) is 121 Å². The van der Waals surface area contributed by atoms with Crippen LogP contribution in [0, 0.1) is 0 Å². The molecule has 0 aliphatic rings. The molecule has 0 bridgehead atoms. The maximum atomic E-state index is 9.64. The highest BCUT2D eigenvalue weighted by atomic mass is 16.3. The first kappa shape index (κ1) is 20.7. The lowest BCUT2D eigenvalue weighted by atomic mass is 10.00. The molecular weight excluding hydrogens is 647 g/mol. The van der Waals surface area contributed by atoms with Crippen molar-refractivity contribution in [1.29, 1.82) is 0 Å². The summed E-state index contributed by atoms with van der Waals surface area (Å²) < 4.78 is 111. The van der Waals surface area contributed by atoms with Crippen LogP contribution in [0.3, 0.4) is 0 Å². The number of nitrogens with zero attached hydrogens (tertiary/aromatic N) is 1. The zero-order valence-electron chi connectivity index (χ0n) is 38.8. The molecule has 0 aliphatic carbocycles. The van der Waals surface area contributed by atoms with Crippen molar-refractivity contribution < 1.29 is 23.9 Å². The minimum atomic E-state index is -0.660. The summed E-state index contributed by atoms with van der Waals surface area (Å²) in [6.45, 7) is 0. The summed E-state index contributed by atoms with van der Waals surface area (Å²) in [6, 6.07) is 32.0. The number of furan rings is 2. The van der Waals surface area contributed by atoms with E-state index in [-0.39, 0.29) is 16.5 Å². The molecule has 0 spiro atoms. The van der Waals surface area contributed by atoms with E-state index in [0.29, 0.717) is 27.9 Å². The van der Waals surface area contributed by atoms with Crippen LogP contribution < -0.4 is 4.90 Å². The van der Waals surface area contributed by atoms with Crippen LogP contribution >= 0.6 is 0 Å². The number of para-hydroxylation sites is 1. The highest BCUT2D eigenvalue weighted by Gasteiger charge is 2.21. The highest BCUT2D eigenvalue weighted by Crippen LogP contribution is 2.45. The molecule has 9 aromatic carbocycles. The number of hydrogen-bond donors (Lipinski definition) is 0. The summed E-state index contributed by atoms with van der Waals surface area (Å²) in [5, 5.41) is 4.56. The van der Waals surface area contributed by atoms with Crippen molar-refractivity contribution in [3.63, 3.8) is 0 Å². The summed E-state index contributed by atoms with van der Waals surface area (Å²) >= 11 is 0. The second-order valence-electron chi connectivity index (χ2n) is 12.8. The number of hydrogen-bond acceptors (Lipinski definition) is 3. The first-order valence-corrected chi connectivity index (χ1v) is 17.1. The van der Waals surface area contributed by atoms with Crippen molar-refractivity contribution in [2.24, 2.45) is 0 Å². The largest absolute Gasteiger partial charge is 0.456 e. The quantitative estimate of drug-likeness (QED) is 0.180. The van der Waals surface area contributed by atoms with Gasteiger partial charge in [0.1, 0.15) is 22.3 Å². The highest BCUT2D eigenvalue weighted by molar-refractivity contribution is 6.19. The van der Waals surface area contributed by atoms with E-state index >= 15 is 0 Å². The van der Waals surface area contributed by atoms with Crippen molar-refractivity contribution >= 4 is 82.5 Å². The maximum Gasteiger partial charge on any atom is 0.143 e. The third-order valence-electron chi connectivity index (χ3n) is 9.78. The molecule has 2 aromatic heterocycles. The molecule has 0 radical (unpaired) electrons. The summed E-state index contributed by atoms with van der Waals surface area (Å²) in [6.07, 6.45) is 0. The lowest BCUT2D eigenvalue weighted by molar-refractivity contribution is 0.669. The number of benzene rings is 9. The first-order chi connectivity index (χ1) is 30.8. The van der Waals surface area contributed by atoms with Gasteiger partial charge in [0.05, 0.1) is 26.2 Å². The van der Waals surface area contributed by atoms with Gasteiger partial charge in [0.25, 0.3) is 0 Å². The molecule has 0 aliphatic heterocycles. The fraction of sp³-hybridized carbons (Fsp3) is 0. The van der Waals surface area contributed by atoms with Crippen LogP contribution in [0.25, 0.3) is 87.7 Å². The van der Waals surface area contributed by atoms with E-state index in [0.717, 1.165) is 49.2 Å². The Morgan fingerprint density at radius 3 is 2.04 bits per heavy atom. The van der Waals surface area contributed by atoms with E-state index in [1.807, 2.05) is 109 Å². The summed E-state index contributed by atoms with van der Waals surface area (Å²) in [4.78, 5) is 1.66.